The molecule has 0 N–H and O–H groups in total. The number of anilines is 1. The molecule has 0 bridgehead atoms. The number of hydrogen-bond donors (Lipinski definition) is 0. The molecule has 2 aliphatic rings. The summed E-state index contributed by atoms with van der Waals surface area (Å²) < 4.78 is 21.2. The molecule has 1 aliphatic heterocycles. The summed E-state index contributed by atoms with van der Waals surface area (Å²) >= 11 is 0. The van der Waals surface area contributed by atoms with Crippen molar-refractivity contribution in [3.05, 3.63) is 47.0 Å². The molecule has 0 unspecified atom stereocenters. The average molecular weight is 408 g/mol. The van der Waals surface area contributed by atoms with Crippen molar-refractivity contribution in [2.24, 2.45) is 0 Å². The second kappa shape index (κ2) is 6.52. The number of pyridine rings is 1. The third kappa shape index (κ3) is 3.04. The smallest absolute Gasteiger partial charge is 0.259 e. The van der Waals surface area contributed by atoms with Gasteiger partial charge in [-0.1, -0.05) is 0 Å². The van der Waals surface area contributed by atoms with Gasteiger partial charge in [-0.2, -0.15) is 5.10 Å². The van der Waals surface area contributed by atoms with E-state index in [1.165, 1.54) is 12.1 Å². The Morgan fingerprint density at radius 2 is 2.00 bits per heavy atom. The fourth-order valence-electron chi connectivity index (χ4n) is 4.08. The molecular weight excluding hydrogens is 383 g/mol. The van der Waals surface area contributed by atoms with Crippen molar-refractivity contribution in [2.75, 3.05) is 18.1 Å². The summed E-state index contributed by atoms with van der Waals surface area (Å²) in [5.41, 5.74) is 3.42. The normalized spacial score (nSPS) is 16.5. The molecule has 3 heterocycles. The SMILES string of the molecule is Cc1nn(C(C)(C)C)c2nc(C3CC3)cc(C(=O)N3CCOc4cc(F)ccc43)c12. The summed E-state index contributed by atoms with van der Waals surface area (Å²) in [6.45, 7) is 8.90. The summed E-state index contributed by atoms with van der Waals surface area (Å²) in [5, 5.41) is 5.52. The molecule has 1 aliphatic carbocycles. The monoisotopic (exact) mass is 408 g/mol. The maximum atomic E-state index is 13.8. The van der Waals surface area contributed by atoms with E-state index in [2.05, 4.69) is 20.8 Å². The van der Waals surface area contributed by atoms with Crippen LogP contribution in [0.15, 0.2) is 24.3 Å². The van der Waals surface area contributed by atoms with E-state index in [1.807, 2.05) is 17.7 Å². The molecule has 156 valence electrons. The number of hydrogen-bond acceptors (Lipinski definition) is 4. The van der Waals surface area contributed by atoms with Crippen LogP contribution in [-0.2, 0) is 5.54 Å². The van der Waals surface area contributed by atoms with Crippen LogP contribution in [0.2, 0.25) is 0 Å². The van der Waals surface area contributed by atoms with E-state index in [0.717, 1.165) is 35.3 Å². The number of fused-ring (bicyclic) bond motifs is 2. The molecule has 0 saturated heterocycles. The largest absolute Gasteiger partial charge is 0.489 e. The van der Waals surface area contributed by atoms with Crippen LogP contribution >= 0.6 is 0 Å². The first-order chi connectivity index (χ1) is 14.2. The van der Waals surface area contributed by atoms with Crippen molar-refractivity contribution in [2.45, 2.75) is 52.0 Å². The predicted octanol–water partition coefficient (Wildman–Crippen LogP) is 4.55. The Labute approximate surface area is 174 Å². The lowest BCUT2D eigenvalue weighted by Gasteiger charge is -2.30. The van der Waals surface area contributed by atoms with Gasteiger partial charge in [0.1, 0.15) is 18.2 Å². The molecule has 7 heteroatoms. The number of halogens is 1. The Bertz CT molecular complexity index is 1170. The van der Waals surface area contributed by atoms with Gasteiger partial charge >= 0.3 is 0 Å². The number of aromatic nitrogens is 3. The fraction of sp³-hybridized carbons (Fsp3) is 0.435. The van der Waals surface area contributed by atoms with Gasteiger partial charge in [0.25, 0.3) is 5.91 Å². The second-order valence-electron chi connectivity index (χ2n) is 9.15. The number of ether oxygens (including phenoxy) is 1. The van der Waals surface area contributed by atoms with E-state index in [1.54, 1.807) is 11.0 Å². The Morgan fingerprint density at radius 3 is 2.70 bits per heavy atom. The minimum atomic E-state index is -0.382. The molecule has 0 atom stereocenters. The zero-order valence-corrected chi connectivity index (χ0v) is 17.7. The Hall–Kier alpha value is -2.96. The maximum Gasteiger partial charge on any atom is 0.259 e. The minimum Gasteiger partial charge on any atom is -0.489 e. The lowest BCUT2D eigenvalue weighted by Crippen LogP contribution is -2.38. The van der Waals surface area contributed by atoms with E-state index in [4.69, 9.17) is 14.8 Å². The van der Waals surface area contributed by atoms with Gasteiger partial charge in [0, 0.05) is 17.7 Å². The molecular formula is C23H25FN4O2. The topological polar surface area (TPSA) is 60.2 Å². The van der Waals surface area contributed by atoms with E-state index in [0.29, 0.717) is 36.1 Å². The minimum absolute atomic E-state index is 0.128. The molecule has 0 spiro atoms. The quantitative estimate of drug-likeness (QED) is 0.624. The molecule has 30 heavy (non-hydrogen) atoms. The molecule has 3 aromatic rings. The van der Waals surface area contributed by atoms with Crippen molar-refractivity contribution in [1.29, 1.82) is 0 Å². The number of rotatable bonds is 2. The molecule has 5 rings (SSSR count). The Kier molecular flexibility index (Phi) is 4.14. The van der Waals surface area contributed by atoms with Crippen molar-refractivity contribution in [1.82, 2.24) is 14.8 Å². The lowest BCUT2D eigenvalue weighted by molar-refractivity contribution is 0.0978. The molecule has 2 aromatic heterocycles. The lowest BCUT2D eigenvalue weighted by atomic mass is 10.0. The van der Waals surface area contributed by atoms with Gasteiger partial charge in [-0.3, -0.25) is 4.79 Å². The summed E-state index contributed by atoms with van der Waals surface area (Å²) in [7, 11) is 0. The third-order valence-corrected chi connectivity index (χ3v) is 5.72. The van der Waals surface area contributed by atoms with Gasteiger partial charge in [0.15, 0.2) is 5.65 Å². The zero-order valence-electron chi connectivity index (χ0n) is 17.7. The van der Waals surface area contributed by atoms with Crippen molar-refractivity contribution < 1.29 is 13.9 Å². The van der Waals surface area contributed by atoms with E-state index >= 15 is 0 Å². The molecule has 6 nitrogen and oxygen atoms in total. The van der Waals surface area contributed by atoms with Gasteiger partial charge in [0.05, 0.1) is 34.4 Å². The highest BCUT2D eigenvalue weighted by atomic mass is 19.1. The summed E-state index contributed by atoms with van der Waals surface area (Å²) in [4.78, 5) is 20.4. The van der Waals surface area contributed by atoms with Crippen LogP contribution in [0.3, 0.4) is 0 Å². The van der Waals surface area contributed by atoms with Gasteiger partial charge in [-0.15, -0.1) is 0 Å². The summed E-state index contributed by atoms with van der Waals surface area (Å²) in [6, 6.07) is 6.22. The number of nitrogens with zero attached hydrogens (tertiary/aromatic N) is 4. The first-order valence-electron chi connectivity index (χ1n) is 10.4. The highest BCUT2D eigenvalue weighted by molar-refractivity contribution is 6.14. The van der Waals surface area contributed by atoms with Crippen LogP contribution in [0.1, 0.15) is 61.3 Å². The maximum absolute atomic E-state index is 13.8. The number of amides is 1. The first kappa shape index (κ1) is 19.0. The van der Waals surface area contributed by atoms with Crippen LogP contribution in [0.25, 0.3) is 11.0 Å². The molecule has 1 amide bonds. The second-order valence-corrected chi connectivity index (χ2v) is 9.15. The number of benzene rings is 1. The van der Waals surface area contributed by atoms with Crippen molar-refractivity contribution in [3.8, 4) is 5.75 Å². The highest BCUT2D eigenvalue weighted by Crippen LogP contribution is 2.42. The Morgan fingerprint density at radius 1 is 1.23 bits per heavy atom. The highest BCUT2D eigenvalue weighted by Gasteiger charge is 2.33. The third-order valence-electron chi connectivity index (χ3n) is 5.72. The fourth-order valence-corrected chi connectivity index (χ4v) is 4.08. The van der Waals surface area contributed by atoms with Crippen LogP contribution in [0.4, 0.5) is 10.1 Å². The standard InChI is InChI=1S/C23H25FN4O2/c1-13-20-16(22(29)27-9-10-30-19-11-15(24)7-8-18(19)27)12-17(14-5-6-14)25-21(20)28(26-13)23(2,3)4/h7-8,11-12,14H,5-6,9-10H2,1-4H3. The van der Waals surface area contributed by atoms with Crippen LogP contribution < -0.4 is 9.64 Å². The molecule has 0 radical (unpaired) electrons. The average Bonchev–Trinajstić information content (AvgIpc) is 3.49. The van der Waals surface area contributed by atoms with Gasteiger partial charge in [0.2, 0.25) is 0 Å². The zero-order chi connectivity index (χ0) is 21.2. The van der Waals surface area contributed by atoms with E-state index in [-0.39, 0.29) is 17.3 Å². The number of carbonyl (C=O) groups excluding carboxylic acids is 1. The number of carbonyl (C=O) groups is 1. The molecule has 1 saturated carbocycles. The van der Waals surface area contributed by atoms with E-state index < -0.39 is 0 Å². The first-order valence-corrected chi connectivity index (χ1v) is 10.4. The number of aryl methyl sites for hydroxylation is 1. The van der Waals surface area contributed by atoms with Crippen molar-refractivity contribution >= 4 is 22.6 Å². The van der Waals surface area contributed by atoms with Gasteiger partial charge in [-0.05, 0) is 58.7 Å². The van der Waals surface area contributed by atoms with Crippen LogP contribution in [0.5, 0.6) is 5.75 Å². The van der Waals surface area contributed by atoms with Crippen LogP contribution in [0, 0.1) is 12.7 Å². The Balaban J connectivity index is 1.69. The summed E-state index contributed by atoms with van der Waals surface area (Å²) in [6.07, 6.45) is 2.18. The molecule has 1 fully saturated rings. The summed E-state index contributed by atoms with van der Waals surface area (Å²) in [5.74, 6) is 0.282. The predicted molar refractivity (Wildman–Crippen MR) is 113 cm³/mol. The van der Waals surface area contributed by atoms with Gasteiger partial charge in [-0.25, -0.2) is 14.1 Å². The van der Waals surface area contributed by atoms with Crippen LogP contribution in [-0.4, -0.2) is 33.8 Å². The van der Waals surface area contributed by atoms with Gasteiger partial charge < -0.3 is 9.64 Å². The van der Waals surface area contributed by atoms with Crippen molar-refractivity contribution in [3.63, 3.8) is 0 Å². The molecule has 1 aromatic carbocycles. The van der Waals surface area contributed by atoms with E-state index in [9.17, 15) is 9.18 Å².